The van der Waals surface area contributed by atoms with Crippen LogP contribution in [0.5, 0.6) is 0 Å². The minimum absolute atomic E-state index is 0. The van der Waals surface area contributed by atoms with Crippen LogP contribution in [0.4, 0.5) is 0 Å². The molecule has 0 N–H and O–H groups in total. The molecule has 0 bridgehead atoms. The minimum Gasteiger partial charge on any atom is -0.496 e. The van der Waals surface area contributed by atoms with Gasteiger partial charge in [-0.25, -0.2) is 0 Å². The molecule has 0 saturated heterocycles. The second-order valence-corrected chi connectivity index (χ2v) is 12.0. The number of hydrogen-bond acceptors (Lipinski definition) is 2. The first-order valence-electron chi connectivity index (χ1n) is 15.5. The Bertz CT molecular complexity index is 2250. The molecule has 2 aromatic heterocycles. The van der Waals surface area contributed by atoms with Crippen LogP contribution in [0.2, 0.25) is 0 Å². The Hall–Kier alpha value is -4.46. The molecule has 8 rings (SSSR count). The molecule has 0 aliphatic carbocycles. The van der Waals surface area contributed by atoms with Gasteiger partial charge in [0.2, 0.25) is 0 Å². The van der Waals surface area contributed by atoms with Crippen LogP contribution in [0, 0.1) is 34.6 Å². The van der Waals surface area contributed by atoms with Crippen LogP contribution in [0.15, 0.2) is 136 Å². The summed E-state index contributed by atoms with van der Waals surface area (Å²) in [6.07, 6.45) is 0. The fourth-order valence-electron chi connectivity index (χ4n) is 6.42. The number of benzene rings is 4. The molecular formula is C43H36O2Zr. The zero-order chi connectivity index (χ0) is 31.1. The van der Waals surface area contributed by atoms with Gasteiger partial charge in [0.05, 0.1) is 23.0 Å². The predicted octanol–water partition coefficient (Wildman–Crippen LogP) is 12.5. The van der Waals surface area contributed by atoms with E-state index >= 15 is 0 Å². The molecule has 3 heteroatoms. The van der Waals surface area contributed by atoms with E-state index in [1.165, 1.54) is 60.5 Å². The molecule has 0 unspecified atom stereocenters. The Kier molecular flexibility index (Phi) is 8.98. The average molecular weight is 676 g/mol. The van der Waals surface area contributed by atoms with Gasteiger partial charge < -0.3 is 8.83 Å². The quantitative estimate of drug-likeness (QED) is 0.174. The molecule has 0 fully saturated rings. The summed E-state index contributed by atoms with van der Waals surface area (Å²) in [4.78, 5) is 0. The van der Waals surface area contributed by atoms with Gasteiger partial charge in [-0.15, -0.1) is 57.9 Å². The van der Waals surface area contributed by atoms with Gasteiger partial charge in [0, 0.05) is 0 Å². The molecule has 0 spiro atoms. The van der Waals surface area contributed by atoms with Crippen molar-refractivity contribution >= 4 is 21.5 Å². The molecule has 0 aliphatic rings. The van der Waals surface area contributed by atoms with Crippen molar-refractivity contribution in [1.82, 2.24) is 0 Å². The standard InChI is InChI=1S/C22H19O.C21H17O.Zr/c1-14-11-18-12-19(21-10-9-15(2)23-21)13-20(18)22(16(14)3)17-7-5-4-6-8-17;1-14-8-10-17-12-18(20-11-9-15(2)22-20)13-19(17)21(14)16-6-4-3-5-7-16;/h4-13H,1-3H3;3-13H,1-2H3;/q2*-1;+2. The molecule has 0 saturated carbocycles. The zero-order valence-corrected chi connectivity index (χ0v) is 29.4. The van der Waals surface area contributed by atoms with Gasteiger partial charge in [0.1, 0.15) is 0 Å². The van der Waals surface area contributed by atoms with Crippen molar-refractivity contribution in [2.24, 2.45) is 0 Å². The molecule has 2 nitrogen and oxygen atoms in total. The molecule has 0 atom stereocenters. The Morgan fingerprint density at radius 1 is 0.457 bits per heavy atom. The van der Waals surface area contributed by atoms with E-state index < -0.39 is 0 Å². The van der Waals surface area contributed by atoms with E-state index in [0.29, 0.717) is 0 Å². The van der Waals surface area contributed by atoms with Crippen LogP contribution >= 0.6 is 0 Å². The van der Waals surface area contributed by atoms with Crippen molar-refractivity contribution in [3.05, 3.63) is 156 Å². The monoisotopic (exact) mass is 674 g/mol. The van der Waals surface area contributed by atoms with E-state index in [1.54, 1.807) is 0 Å². The summed E-state index contributed by atoms with van der Waals surface area (Å²) in [5.41, 5.74) is 11.4. The van der Waals surface area contributed by atoms with Crippen LogP contribution in [0.1, 0.15) is 28.2 Å². The Balaban J connectivity index is 0.000000158. The predicted molar refractivity (Wildman–Crippen MR) is 189 cm³/mol. The molecule has 6 aromatic carbocycles. The van der Waals surface area contributed by atoms with E-state index in [0.717, 1.165) is 34.2 Å². The van der Waals surface area contributed by atoms with Crippen LogP contribution in [0.3, 0.4) is 0 Å². The summed E-state index contributed by atoms with van der Waals surface area (Å²) < 4.78 is 11.6. The molecule has 224 valence electrons. The molecule has 0 aliphatic heterocycles. The molecule has 0 amide bonds. The van der Waals surface area contributed by atoms with Gasteiger partial charge in [0.25, 0.3) is 0 Å². The van der Waals surface area contributed by atoms with Crippen LogP contribution in [0.25, 0.3) is 66.4 Å². The Morgan fingerprint density at radius 3 is 1.48 bits per heavy atom. The molecular weight excluding hydrogens is 640 g/mol. The summed E-state index contributed by atoms with van der Waals surface area (Å²) in [5, 5.41) is 5.11. The van der Waals surface area contributed by atoms with Gasteiger partial charge in [-0.1, -0.05) is 94.5 Å². The first kappa shape index (κ1) is 31.5. The third-order valence-corrected chi connectivity index (χ3v) is 8.80. The van der Waals surface area contributed by atoms with Gasteiger partial charge in [-0.3, -0.25) is 0 Å². The molecule has 46 heavy (non-hydrogen) atoms. The molecule has 8 aromatic rings. The Morgan fingerprint density at radius 2 is 0.957 bits per heavy atom. The number of fused-ring (bicyclic) bond motifs is 2. The molecule has 0 radical (unpaired) electrons. The maximum absolute atomic E-state index is 5.81. The second-order valence-electron chi connectivity index (χ2n) is 12.0. The summed E-state index contributed by atoms with van der Waals surface area (Å²) in [5.74, 6) is 3.76. The first-order chi connectivity index (χ1) is 21.9. The fourth-order valence-corrected chi connectivity index (χ4v) is 6.42. The van der Waals surface area contributed by atoms with Crippen LogP contribution in [-0.2, 0) is 26.2 Å². The van der Waals surface area contributed by atoms with E-state index in [1.807, 2.05) is 38.1 Å². The van der Waals surface area contributed by atoms with Gasteiger partial charge in [-0.05, 0) is 81.1 Å². The number of hydrogen-bond donors (Lipinski definition) is 0. The summed E-state index contributed by atoms with van der Waals surface area (Å²) in [6, 6.07) is 44.9. The number of aryl methyl sites for hydroxylation is 4. The fraction of sp³-hybridized carbons (Fsp3) is 0.116. The first-order valence-corrected chi connectivity index (χ1v) is 15.5. The van der Waals surface area contributed by atoms with Crippen LogP contribution in [-0.4, -0.2) is 0 Å². The van der Waals surface area contributed by atoms with E-state index in [4.69, 9.17) is 8.83 Å². The SMILES string of the molecule is Cc1ccc(-c2cc3c(-c4ccccc4)c(C)c(C)cc3[cH-]2)o1.Cc1ccc(-c2cc3c(-c4ccccc4)c(C)ccc3[cH-]2)o1.[Zr+2]. The third kappa shape index (κ3) is 6.05. The van der Waals surface area contributed by atoms with Crippen molar-refractivity contribution in [2.45, 2.75) is 34.6 Å². The van der Waals surface area contributed by atoms with Gasteiger partial charge in [-0.2, -0.15) is 0 Å². The largest absolute Gasteiger partial charge is 2.00 e. The van der Waals surface area contributed by atoms with Gasteiger partial charge >= 0.3 is 26.2 Å². The third-order valence-electron chi connectivity index (χ3n) is 8.80. The summed E-state index contributed by atoms with van der Waals surface area (Å²) >= 11 is 0. The number of furan rings is 2. The normalized spacial score (nSPS) is 11.0. The van der Waals surface area contributed by atoms with Crippen molar-refractivity contribution in [3.8, 4) is 44.9 Å². The van der Waals surface area contributed by atoms with Gasteiger partial charge in [0.15, 0.2) is 0 Å². The molecule has 2 heterocycles. The minimum atomic E-state index is 0. The van der Waals surface area contributed by atoms with E-state index in [2.05, 4.69) is 124 Å². The number of rotatable bonds is 4. The van der Waals surface area contributed by atoms with Crippen molar-refractivity contribution in [2.75, 3.05) is 0 Å². The average Bonchev–Trinajstić information content (AvgIpc) is 3.86. The topological polar surface area (TPSA) is 26.3 Å². The van der Waals surface area contributed by atoms with Crippen molar-refractivity contribution in [1.29, 1.82) is 0 Å². The summed E-state index contributed by atoms with van der Waals surface area (Å²) in [7, 11) is 0. The smallest absolute Gasteiger partial charge is 0.496 e. The van der Waals surface area contributed by atoms with E-state index in [9.17, 15) is 0 Å². The maximum Gasteiger partial charge on any atom is 2.00 e. The summed E-state index contributed by atoms with van der Waals surface area (Å²) in [6.45, 7) is 10.5. The van der Waals surface area contributed by atoms with Crippen molar-refractivity contribution in [3.63, 3.8) is 0 Å². The zero-order valence-electron chi connectivity index (χ0n) is 26.9. The van der Waals surface area contributed by atoms with E-state index in [-0.39, 0.29) is 26.2 Å². The maximum atomic E-state index is 5.81. The van der Waals surface area contributed by atoms with Crippen molar-refractivity contribution < 1.29 is 35.0 Å². The van der Waals surface area contributed by atoms with Crippen LogP contribution < -0.4 is 0 Å². The second kappa shape index (κ2) is 13.1. The Labute approximate surface area is 290 Å².